The van der Waals surface area contributed by atoms with Gasteiger partial charge in [0, 0.05) is 30.8 Å². The Kier molecular flexibility index (Phi) is 5.46. The number of ether oxygens (including phenoxy) is 2. The van der Waals surface area contributed by atoms with E-state index >= 15 is 0 Å². The van der Waals surface area contributed by atoms with E-state index in [-0.39, 0.29) is 51.6 Å². The van der Waals surface area contributed by atoms with Gasteiger partial charge in [0.1, 0.15) is 11.7 Å². The van der Waals surface area contributed by atoms with E-state index in [4.69, 9.17) is 9.47 Å². The van der Waals surface area contributed by atoms with Gasteiger partial charge >= 0.3 is 5.97 Å². The summed E-state index contributed by atoms with van der Waals surface area (Å²) in [5, 5.41) is 0. The Bertz CT molecular complexity index is 871. The Morgan fingerprint density at radius 1 is 0.906 bits per heavy atom. The maximum atomic E-state index is 13.0. The van der Waals surface area contributed by atoms with E-state index in [1.54, 1.807) is 0 Å². The molecule has 178 valence electrons. The molecule has 7 atom stereocenters. The summed E-state index contributed by atoms with van der Waals surface area (Å²) in [5.74, 6) is 1.01. The fraction of sp³-hybridized carbons (Fsp3) is 0.815. The maximum Gasteiger partial charge on any atom is 0.302 e. The van der Waals surface area contributed by atoms with Crippen molar-refractivity contribution in [3.05, 3.63) is 11.8 Å². The van der Waals surface area contributed by atoms with Crippen LogP contribution < -0.4 is 0 Å². The van der Waals surface area contributed by atoms with Crippen LogP contribution in [0.1, 0.15) is 93.4 Å². The second-order valence-electron chi connectivity index (χ2n) is 12.4. The molecule has 5 nitrogen and oxygen atoms in total. The van der Waals surface area contributed by atoms with Crippen molar-refractivity contribution >= 4 is 17.5 Å². The van der Waals surface area contributed by atoms with Gasteiger partial charge < -0.3 is 9.47 Å². The molecule has 32 heavy (non-hydrogen) atoms. The van der Waals surface area contributed by atoms with E-state index in [0.29, 0.717) is 18.3 Å². The van der Waals surface area contributed by atoms with Crippen LogP contribution in [0.5, 0.6) is 0 Å². The molecule has 1 heterocycles. The minimum atomic E-state index is -0.409. The third-order valence-electron chi connectivity index (χ3n) is 10.1. The lowest BCUT2D eigenvalue weighted by atomic mass is 9.37. The molecule has 7 unspecified atom stereocenters. The second-order valence-corrected chi connectivity index (χ2v) is 12.4. The van der Waals surface area contributed by atoms with Crippen LogP contribution >= 0.6 is 0 Å². The predicted molar refractivity (Wildman–Crippen MR) is 122 cm³/mol. The Balaban J connectivity index is 1.66. The number of hydrogen-bond acceptors (Lipinski definition) is 5. The zero-order chi connectivity index (χ0) is 23.7. The average Bonchev–Trinajstić information content (AvgIpc) is 2.65. The monoisotopic (exact) mass is 444 g/mol. The van der Waals surface area contributed by atoms with Crippen LogP contribution in [0, 0.1) is 34.0 Å². The third-order valence-corrected chi connectivity index (χ3v) is 10.1. The van der Waals surface area contributed by atoms with Crippen molar-refractivity contribution in [2.24, 2.45) is 34.0 Å². The summed E-state index contributed by atoms with van der Waals surface area (Å²) in [6, 6.07) is 0. The molecule has 0 aromatic rings. The molecule has 4 rings (SSSR count). The summed E-state index contributed by atoms with van der Waals surface area (Å²) < 4.78 is 12.1. The predicted octanol–water partition coefficient (Wildman–Crippen LogP) is 5.41. The smallest absolute Gasteiger partial charge is 0.302 e. The van der Waals surface area contributed by atoms with Gasteiger partial charge in [0.25, 0.3) is 0 Å². The molecule has 0 spiro atoms. The molecular weight excluding hydrogens is 404 g/mol. The van der Waals surface area contributed by atoms with Gasteiger partial charge in [0.05, 0.1) is 0 Å². The highest BCUT2D eigenvalue weighted by Gasteiger charge is 2.67. The second kappa shape index (κ2) is 7.43. The number of Topliss-reactive ketones (excluding diaryl/α,β-unsaturated/α-hetero) is 1. The number of hydrogen-bond donors (Lipinski definition) is 0. The summed E-state index contributed by atoms with van der Waals surface area (Å²) >= 11 is 0. The van der Waals surface area contributed by atoms with E-state index < -0.39 is 5.60 Å². The number of esters is 1. The normalized spacial score (nSPS) is 46.3. The van der Waals surface area contributed by atoms with Gasteiger partial charge in [-0.05, 0) is 75.0 Å². The highest BCUT2D eigenvalue weighted by atomic mass is 16.5. The number of ketones is 2. The van der Waals surface area contributed by atoms with Crippen LogP contribution in [0.2, 0.25) is 0 Å². The number of allylic oxidation sites excluding steroid dienone is 2. The zero-order valence-corrected chi connectivity index (χ0v) is 20.9. The van der Waals surface area contributed by atoms with E-state index in [9.17, 15) is 14.4 Å². The van der Waals surface area contributed by atoms with Gasteiger partial charge in [-0.25, -0.2) is 0 Å². The highest BCUT2D eigenvalue weighted by molar-refractivity contribution is 6.01. The minimum absolute atomic E-state index is 0.0139. The molecular formula is C27H40O5. The maximum absolute atomic E-state index is 13.0. The number of carbonyl (C=O) groups excluding carboxylic acids is 3. The van der Waals surface area contributed by atoms with Crippen LogP contribution in [-0.4, -0.2) is 29.2 Å². The van der Waals surface area contributed by atoms with Crippen LogP contribution in [0.15, 0.2) is 11.8 Å². The molecule has 0 bridgehead atoms. The molecule has 4 fully saturated rings. The first-order valence-electron chi connectivity index (χ1n) is 12.4. The summed E-state index contributed by atoms with van der Waals surface area (Å²) in [4.78, 5) is 36.3. The van der Waals surface area contributed by atoms with Gasteiger partial charge in [-0.1, -0.05) is 27.7 Å². The van der Waals surface area contributed by atoms with Crippen molar-refractivity contribution in [1.82, 2.24) is 0 Å². The van der Waals surface area contributed by atoms with Gasteiger partial charge in [0.2, 0.25) is 0 Å². The summed E-state index contributed by atoms with van der Waals surface area (Å²) in [6.07, 6.45) is 7.83. The molecule has 1 aliphatic heterocycles. The number of fused-ring (bicyclic) bond motifs is 5. The molecule has 0 radical (unpaired) electrons. The van der Waals surface area contributed by atoms with E-state index in [1.807, 2.05) is 0 Å². The lowest BCUT2D eigenvalue weighted by Crippen LogP contribution is -2.65. The lowest BCUT2D eigenvalue weighted by molar-refractivity contribution is -0.238. The van der Waals surface area contributed by atoms with Crippen molar-refractivity contribution < 1.29 is 23.9 Å². The molecule has 4 aliphatic rings. The van der Waals surface area contributed by atoms with Gasteiger partial charge in [-0.15, -0.1) is 0 Å². The van der Waals surface area contributed by atoms with Crippen molar-refractivity contribution in [2.45, 2.75) is 105 Å². The minimum Gasteiger partial charge on any atom is -0.483 e. The topological polar surface area (TPSA) is 69.7 Å². The Hall–Kier alpha value is -1.65. The Labute approximate surface area is 192 Å². The first-order valence-corrected chi connectivity index (χ1v) is 12.4. The molecule has 0 amide bonds. The van der Waals surface area contributed by atoms with E-state index in [0.717, 1.165) is 38.5 Å². The van der Waals surface area contributed by atoms with Crippen molar-refractivity contribution in [1.29, 1.82) is 0 Å². The Morgan fingerprint density at radius 3 is 2.12 bits per heavy atom. The van der Waals surface area contributed by atoms with Crippen molar-refractivity contribution in [2.75, 3.05) is 0 Å². The fourth-order valence-electron chi connectivity index (χ4n) is 8.81. The average molecular weight is 445 g/mol. The summed E-state index contributed by atoms with van der Waals surface area (Å²) in [7, 11) is 0. The molecule has 0 aromatic heterocycles. The fourth-order valence-corrected chi connectivity index (χ4v) is 8.81. The standard InChI is InChI=1S/C27H40O5/c1-16(28)14-19-18(30)15-22-26(6)11-8-20-24(3,4)23(31-17(2)29)10-12-25(20,5)21(26)9-13-27(22,7)32-19/h14,20-23H,8-13,15H2,1-7H3. The molecule has 3 aliphatic carbocycles. The molecule has 3 saturated carbocycles. The number of carbonyl (C=O) groups is 3. The SMILES string of the molecule is CC(=O)C=C1OC2(C)CCC3C(C)(CCC4C(C)(C)C(OC(C)=O)CCC43C)C2CC1=O. The first kappa shape index (κ1) is 23.5. The summed E-state index contributed by atoms with van der Waals surface area (Å²) in [5.41, 5.74) is -0.321. The lowest BCUT2D eigenvalue weighted by Gasteiger charge is -2.69. The molecule has 1 saturated heterocycles. The van der Waals surface area contributed by atoms with Crippen LogP contribution in [0.3, 0.4) is 0 Å². The largest absolute Gasteiger partial charge is 0.483 e. The van der Waals surface area contributed by atoms with Gasteiger partial charge in [-0.3, -0.25) is 14.4 Å². The molecule has 0 N–H and O–H groups in total. The van der Waals surface area contributed by atoms with Crippen LogP contribution in [0.4, 0.5) is 0 Å². The Morgan fingerprint density at radius 2 is 1.50 bits per heavy atom. The number of rotatable bonds is 2. The van der Waals surface area contributed by atoms with Crippen LogP contribution in [0.25, 0.3) is 0 Å². The quantitative estimate of drug-likeness (QED) is 0.421. The zero-order valence-electron chi connectivity index (χ0n) is 20.9. The summed E-state index contributed by atoms with van der Waals surface area (Å²) in [6.45, 7) is 14.5. The highest BCUT2D eigenvalue weighted by Crippen LogP contribution is 2.71. The van der Waals surface area contributed by atoms with E-state index in [1.165, 1.54) is 19.9 Å². The molecule has 5 heteroatoms. The van der Waals surface area contributed by atoms with E-state index in [2.05, 4.69) is 34.6 Å². The van der Waals surface area contributed by atoms with Crippen molar-refractivity contribution in [3.63, 3.8) is 0 Å². The third kappa shape index (κ3) is 3.37. The van der Waals surface area contributed by atoms with Crippen molar-refractivity contribution in [3.8, 4) is 0 Å². The van der Waals surface area contributed by atoms with Gasteiger partial charge in [-0.2, -0.15) is 0 Å². The van der Waals surface area contributed by atoms with Gasteiger partial charge in [0.15, 0.2) is 17.3 Å². The first-order chi connectivity index (χ1) is 14.7. The molecule has 0 aromatic carbocycles. The van der Waals surface area contributed by atoms with Crippen LogP contribution in [-0.2, 0) is 23.9 Å².